The summed E-state index contributed by atoms with van der Waals surface area (Å²) < 4.78 is 5.27. The Hall–Kier alpha value is -0.0231. The van der Waals surface area contributed by atoms with E-state index in [0.29, 0.717) is 10.5 Å². The van der Waals surface area contributed by atoms with Gasteiger partial charge < -0.3 is 4.43 Å². The quantitative estimate of drug-likeness (QED) is 0.559. The highest BCUT2D eigenvalue weighted by Gasteiger charge is 2.16. The number of hydrogen-bond donors (Lipinski definition) is 0. The Kier molecular flexibility index (Phi) is 4.08. The van der Waals surface area contributed by atoms with Gasteiger partial charge in [0.05, 0.1) is 6.10 Å². The molecule has 0 saturated heterocycles. The van der Waals surface area contributed by atoms with Crippen LogP contribution in [0.1, 0.15) is 11.7 Å². The molecule has 0 aliphatic rings. The van der Waals surface area contributed by atoms with E-state index in [1.807, 2.05) is 30.3 Å². The zero-order valence-electron chi connectivity index (χ0n) is 6.71. The lowest BCUT2D eigenvalue weighted by molar-refractivity contribution is 0.243. The van der Waals surface area contributed by atoms with Crippen molar-refractivity contribution in [2.24, 2.45) is 0 Å². The second-order valence-corrected chi connectivity index (χ2v) is 4.04. The smallest absolute Gasteiger partial charge is 0.147 e. The molecule has 0 radical (unpaired) electrons. The van der Waals surface area contributed by atoms with E-state index in [-0.39, 0.29) is 6.10 Å². The van der Waals surface area contributed by atoms with Gasteiger partial charge in [0.1, 0.15) is 15.3 Å². The van der Waals surface area contributed by atoms with Gasteiger partial charge in [-0.25, -0.2) is 0 Å². The molecule has 0 N–H and O–H groups in total. The van der Waals surface area contributed by atoms with Crippen molar-refractivity contribution in [3.8, 4) is 0 Å². The van der Waals surface area contributed by atoms with Gasteiger partial charge >= 0.3 is 0 Å². The van der Waals surface area contributed by atoms with Crippen molar-refractivity contribution in [3.05, 3.63) is 35.9 Å². The van der Waals surface area contributed by atoms with Gasteiger partial charge in [0.15, 0.2) is 0 Å². The van der Waals surface area contributed by atoms with Crippen molar-refractivity contribution < 1.29 is 4.43 Å². The summed E-state index contributed by atoms with van der Waals surface area (Å²) in [6, 6.07) is 9.75. The van der Waals surface area contributed by atoms with Gasteiger partial charge in [0, 0.05) is 0 Å². The van der Waals surface area contributed by atoms with Gasteiger partial charge in [-0.2, -0.15) is 0 Å². The molecule has 0 fully saturated rings. The van der Waals surface area contributed by atoms with Gasteiger partial charge in [-0.15, -0.1) is 23.2 Å². The molecule has 0 spiro atoms. The highest BCUT2D eigenvalue weighted by atomic mass is 35.5. The molecule has 0 aliphatic carbocycles. The highest BCUT2D eigenvalue weighted by Crippen LogP contribution is 2.26. The molecule has 1 unspecified atom stereocenters. The molecule has 1 rings (SSSR count). The Morgan fingerprint density at radius 3 is 2.17 bits per heavy atom. The third-order valence-electron chi connectivity index (χ3n) is 1.61. The molecule has 1 nitrogen and oxygen atoms in total. The van der Waals surface area contributed by atoms with E-state index in [9.17, 15) is 0 Å². The zero-order valence-corrected chi connectivity index (χ0v) is 10.2. The molecule has 0 saturated carbocycles. The minimum Gasteiger partial charge on any atom is -0.418 e. The molecule has 12 heavy (non-hydrogen) atoms. The van der Waals surface area contributed by atoms with E-state index in [0.717, 1.165) is 5.56 Å². The van der Waals surface area contributed by atoms with E-state index in [2.05, 4.69) is 0 Å². The molecule has 4 heteroatoms. The average molecular weight is 221 g/mol. The van der Waals surface area contributed by atoms with Crippen molar-refractivity contribution in [1.29, 1.82) is 0 Å². The fraction of sp³-hybridized carbons (Fsp3) is 0.250. The van der Waals surface area contributed by atoms with Crippen LogP contribution in [-0.2, 0) is 4.43 Å². The maximum atomic E-state index is 5.74. The van der Waals surface area contributed by atoms with Crippen LogP contribution in [0.4, 0.5) is 0 Å². The van der Waals surface area contributed by atoms with Gasteiger partial charge in [0.25, 0.3) is 0 Å². The summed E-state index contributed by atoms with van der Waals surface area (Å²) in [7, 11) is 0.636. The summed E-state index contributed by atoms with van der Waals surface area (Å²) in [6.45, 7) is 0. The first-order valence-corrected chi connectivity index (χ1v) is 5.30. The molecule has 0 amide bonds. The molecule has 1 aromatic rings. The Bertz CT molecular complexity index is 228. The third kappa shape index (κ3) is 2.49. The topological polar surface area (TPSA) is 9.23 Å². The first kappa shape index (κ1) is 10.1. The standard InChI is InChI=1S/C8H10Cl2OSi/c9-8(10)7(11-12)6-4-2-1-3-5-6/h1-5,7-8H,12H3. The van der Waals surface area contributed by atoms with Gasteiger partial charge in [-0.3, -0.25) is 0 Å². The van der Waals surface area contributed by atoms with Crippen LogP contribution >= 0.6 is 23.2 Å². The zero-order chi connectivity index (χ0) is 8.97. The summed E-state index contributed by atoms with van der Waals surface area (Å²) in [4.78, 5) is -0.495. The Morgan fingerprint density at radius 1 is 1.17 bits per heavy atom. The monoisotopic (exact) mass is 220 g/mol. The van der Waals surface area contributed by atoms with E-state index < -0.39 is 4.84 Å². The molecular formula is C8H10Cl2OSi. The van der Waals surface area contributed by atoms with Crippen molar-refractivity contribution in [2.45, 2.75) is 10.9 Å². The number of halogens is 2. The van der Waals surface area contributed by atoms with Gasteiger partial charge in [-0.05, 0) is 5.56 Å². The predicted molar refractivity (Wildman–Crippen MR) is 55.7 cm³/mol. The first-order chi connectivity index (χ1) is 5.75. The second-order valence-electron chi connectivity index (χ2n) is 2.40. The van der Waals surface area contributed by atoms with Crippen LogP contribution in [0.2, 0.25) is 0 Å². The summed E-state index contributed by atoms with van der Waals surface area (Å²) in [5, 5.41) is 0. The molecule has 0 heterocycles. The van der Waals surface area contributed by atoms with Crippen LogP contribution < -0.4 is 0 Å². The molecule has 1 aromatic carbocycles. The lowest BCUT2D eigenvalue weighted by atomic mass is 10.1. The van der Waals surface area contributed by atoms with Crippen molar-refractivity contribution in [3.63, 3.8) is 0 Å². The highest BCUT2D eigenvalue weighted by molar-refractivity contribution is 6.44. The Balaban J connectivity index is 2.80. The van der Waals surface area contributed by atoms with Crippen molar-refractivity contribution in [1.82, 2.24) is 0 Å². The van der Waals surface area contributed by atoms with Gasteiger partial charge in [0.2, 0.25) is 0 Å². The normalized spacial score (nSPS) is 13.6. The van der Waals surface area contributed by atoms with Crippen LogP contribution in [0.25, 0.3) is 0 Å². The van der Waals surface area contributed by atoms with Crippen LogP contribution in [0.15, 0.2) is 30.3 Å². The summed E-state index contributed by atoms with van der Waals surface area (Å²) in [5.41, 5.74) is 1.03. The van der Waals surface area contributed by atoms with Crippen LogP contribution in [0.5, 0.6) is 0 Å². The molecule has 0 bridgehead atoms. The second kappa shape index (κ2) is 4.87. The molecule has 0 aromatic heterocycles. The maximum absolute atomic E-state index is 5.74. The van der Waals surface area contributed by atoms with Gasteiger partial charge in [-0.1, -0.05) is 30.3 Å². The summed E-state index contributed by atoms with van der Waals surface area (Å²) in [6.07, 6.45) is -0.179. The van der Waals surface area contributed by atoms with E-state index in [1.165, 1.54) is 0 Å². The maximum Gasteiger partial charge on any atom is 0.147 e. The van der Waals surface area contributed by atoms with E-state index >= 15 is 0 Å². The molecule has 66 valence electrons. The third-order valence-corrected chi connectivity index (χ3v) is 2.58. The first-order valence-electron chi connectivity index (χ1n) is 3.61. The number of rotatable bonds is 3. The number of alkyl halides is 2. The lowest BCUT2D eigenvalue weighted by Gasteiger charge is -2.16. The fourth-order valence-electron chi connectivity index (χ4n) is 1.03. The SMILES string of the molecule is [SiH3]OC(c1ccccc1)C(Cl)Cl. The van der Waals surface area contributed by atoms with Crippen molar-refractivity contribution >= 4 is 33.7 Å². The summed E-state index contributed by atoms with van der Waals surface area (Å²) in [5.74, 6) is 0. The minimum absolute atomic E-state index is 0.179. The number of benzene rings is 1. The Morgan fingerprint density at radius 2 is 1.75 bits per heavy atom. The Labute approximate surface area is 85.2 Å². The van der Waals surface area contributed by atoms with E-state index in [1.54, 1.807) is 0 Å². The fourth-order valence-corrected chi connectivity index (χ4v) is 2.41. The van der Waals surface area contributed by atoms with E-state index in [4.69, 9.17) is 27.6 Å². The van der Waals surface area contributed by atoms with Crippen molar-refractivity contribution in [2.75, 3.05) is 0 Å². The number of hydrogen-bond acceptors (Lipinski definition) is 1. The molecule has 1 atom stereocenters. The molecule has 0 aliphatic heterocycles. The lowest BCUT2D eigenvalue weighted by Crippen LogP contribution is -2.09. The van der Waals surface area contributed by atoms with Crippen LogP contribution in [0, 0.1) is 0 Å². The predicted octanol–water partition coefficient (Wildman–Crippen LogP) is 1.83. The van der Waals surface area contributed by atoms with Crippen LogP contribution in [0.3, 0.4) is 0 Å². The minimum atomic E-state index is -0.495. The molecular weight excluding hydrogens is 211 g/mol. The average Bonchev–Trinajstić information content (AvgIpc) is 2.07. The van der Waals surface area contributed by atoms with Crippen LogP contribution in [-0.4, -0.2) is 15.3 Å². The largest absolute Gasteiger partial charge is 0.418 e. The summed E-state index contributed by atoms with van der Waals surface area (Å²) >= 11 is 11.5.